The molecule has 5 heteroatoms. The van der Waals surface area contributed by atoms with Crippen LogP contribution < -0.4 is 4.74 Å². The van der Waals surface area contributed by atoms with Gasteiger partial charge in [-0.2, -0.15) is 0 Å². The number of benzene rings is 1. The van der Waals surface area contributed by atoms with Crippen LogP contribution in [0.4, 0.5) is 4.39 Å². The Labute approximate surface area is 112 Å². The van der Waals surface area contributed by atoms with Crippen molar-refractivity contribution in [2.24, 2.45) is 11.8 Å². The lowest BCUT2D eigenvalue weighted by molar-refractivity contribution is -0.145. The number of hydrogen-bond acceptors (Lipinski definition) is 3. The minimum absolute atomic E-state index is 0.0559. The van der Waals surface area contributed by atoms with Crippen LogP contribution in [0.2, 0.25) is 0 Å². The van der Waals surface area contributed by atoms with E-state index >= 15 is 0 Å². The molecular formula is C13H12BrFO3. The zero-order valence-electron chi connectivity index (χ0n) is 9.78. The minimum Gasteiger partial charge on any atom is -0.492 e. The predicted molar refractivity (Wildman–Crippen MR) is 65.9 cm³/mol. The summed E-state index contributed by atoms with van der Waals surface area (Å²) >= 11 is 3.34. The second-order valence-electron chi connectivity index (χ2n) is 4.55. The minimum atomic E-state index is -0.310. The van der Waals surface area contributed by atoms with Gasteiger partial charge in [0.15, 0.2) is 0 Å². The van der Waals surface area contributed by atoms with Crippen molar-refractivity contribution in [3.63, 3.8) is 0 Å². The van der Waals surface area contributed by atoms with E-state index < -0.39 is 0 Å². The van der Waals surface area contributed by atoms with Gasteiger partial charge in [-0.15, -0.1) is 0 Å². The third kappa shape index (κ3) is 1.64. The Kier molecular flexibility index (Phi) is 2.81. The quantitative estimate of drug-likeness (QED) is 0.787. The highest BCUT2D eigenvalue weighted by molar-refractivity contribution is 9.10. The highest BCUT2D eigenvalue weighted by Gasteiger charge is 2.60. The van der Waals surface area contributed by atoms with Gasteiger partial charge in [-0.3, -0.25) is 4.79 Å². The molecule has 1 aromatic carbocycles. The summed E-state index contributed by atoms with van der Waals surface area (Å²) in [6.07, 6.45) is 0. The number of hydrogen-bond donors (Lipinski definition) is 0. The average molecular weight is 315 g/mol. The molecule has 3 rings (SSSR count). The van der Waals surface area contributed by atoms with Crippen molar-refractivity contribution in [1.29, 1.82) is 0 Å². The van der Waals surface area contributed by atoms with Gasteiger partial charge in [-0.25, -0.2) is 4.39 Å². The molecule has 1 unspecified atom stereocenters. The number of carbonyl (C=O) groups is 1. The van der Waals surface area contributed by atoms with Gasteiger partial charge in [-0.1, -0.05) is 0 Å². The molecule has 1 aromatic rings. The standard InChI is InChI=1S/C13H12BrFO3/c1-2-17-13(16)10-6-5-18-12-7(14)3-4-8(15)11(12)9(6)10/h3-4,6,9-10H,2,5H2,1H3/t6-,9+,10?/m1/s1. The van der Waals surface area contributed by atoms with Gasteiger partial charge in [0, 0.05) is 17.4 Å². The highest BCUT2D eigenvalue weighted by atomic mass is 79.9. The maximum absolute atomic E-state index is 13.9. The zero-order chi connectivity index (χ0) is 12.9. The van der Waals surface area contributed by atoms with Crippen LogP contribution in [0.15, 0.2) is 16.6 Å². The highest BCUT2D eigenvalue weighted by Crippen LogP contribution is 2.61. The molecule has 2 aliphatic rings. The first-order chi connectivity index (χ1) is 8.65. The van der Waals surface area contributed by atoms with E-state index in [4.69, 9.17) is 9.47 Å². The Balaban J connectivity index is 1.95. The summed E-state index contributed by atoms with van der Waals surface area (Å²) in [4.78, 5) is 11.8. The third-order valence-corrected chi connectivity index (χ3v) is 4.20. The molecule has 1 aliphatic carbocycles. The summed E-state index contributed by atoms with van der Waals surface area (Å²) in [6, 6.07) is 3.02. The Morgan fingerprint density at radius 3 is 3.11 bits per heavy atom. The maximum Gasteiger partial charge on any atom is 0.309 e. The molecular weight excluding hydrogens is 303 g/mol. The largest absolute Gasteiger partial charge is 0.492 e. The fraction of sp³-hybridized carbons (Fsp3) is 0.462. The molecule has 0 N–H and O–H groups in total. The molecule has 96 valence electrons. The van der Waals surface area contributed by atoms with Crippen LogP contribution in [0.5, 0.6) is 5.75 Å². The number of rotatable bonds is 2. The molecule has 0 bridgehead atoms. The molecule has 3 atom stereocenters. The van der Waals surface area contributed by atoms with Gasteiger partial charge >= 0.3 is 5.97 Å². The van der Waals surface area contributed by atoms with Crippen molar-refractivity contribution >= 4 is 21.9 Å². The summed E-state index contributed by atoms with van der Waals surface area (Å²) in [7, 11) is 0. The van der Waals surface area contributed by atoms with Gasteiger partial charge in [0.05, 0.1) is 23.6 Å². The topological polar surface area (TPSA) is 35.5 Å². The van der Waals surface area contributed by atoms with Gasteiger partial charge in [0.1, 0.15) is 11.6 Å². The lowest BCUT2D eigenvalue weighted by atomic mass is 10.0. The Bertz CT molecular complexity index is 517. The van der Waals surface area contributed by atoms with Crippen molar-refractivity contribution in [2.75, 3.05) is 13.2 Å². The van der Waals surface area contributed by atoms with E-state index in [9.17, 15) is 9.18 Å². The molecule has 18 heavy (non-hydrogen) atoms. The Hall–Kier alpha value is -1.10. The van der Waals surface area contributed by atoms with E-state index in [0.717, 1.165) is 4.47 Å². The first-order valence-electron chi connectivity index (χ1n) is 5.92. The van der Waals surface area contributed by atoms with Gasteiger partial charge in [0.2, 0.25) is 0 Å². The van der Waals surface area contributed by atoms with Gasteiger partial charge in [0.25, 0.3) is 0 Å². The summed E-state index contributed by atoms with van der Waals surface area (Å²) in [5.41, 5.74) is 0.513. The van der Waals surface area contributed by atoms with Crippen molar-refractivity contribution in [3.05, 3.63) is 28.0 Å². The van der Waals surface area contributed by atoms with E-state index in [0.29, 0.717) is 24.5 Å². The van der Waals surface area contributed by atoms with Crippen LogP contribution in [-0.4, -0.2) is 19.2 Å². The van der Waals surface area contributed by atoms with E-state index in [1.807, 2.05) is 0 Å². The monoisotopic (exact) mass is 314 g/mol. The molecule has 3 nitrogen and oxygen atoms in total. The molecule has 0 aromatic heterocycles. The predicted octanol–water partition coefficient (Wildman–Crippen LogP) is 2.87. The van der Waals surface area contributed by atoms with Crippen molar-refractivity contribution < 1.29 is 18.7 Å². The number of esters is 1. The van der Waals surface area contributed by atoms with E-state index in [1.54, 1.807) is 13.0 Å². The maximum atomic E-state index is 13.9. The van der Waals surface area contributed by atoms with Crippen LogP contribution in [-0.2, 0) is 9.53 Å². The molecule has 0 amide bonds. The number of halogens is 2. The molecule has 1 aliphatic heterocycles. The fourth-order valence-electron chi connectivity index (χ4n) is 2.72. The smallest absolute Gasteiger partial charge is 0.309 e. The second-order valence-corrected chi connectivity index (χ2v) is 5.40. The molecule has 0 radical (unpaired) electrons. The Morgan fingerprint density at radius 2 is 2.39 bits per heavy atom. The normalized spacial score (nSPS) is 27.8. The van der Waals surface area contributed by atoms with Crippen LogP contribution in [0.1, 0.15) is 18.4 Å². The number of ether oxygens (including phenoxy) is 2. The zero-order valence-corrected chi connectivity index (χ0v) is 11.4. The van der Waals surface area contributed by atoms with Gasteiger partial charge in [-0.05, 0) is 35.0 Å². The Morgan fingerprint density at radius 1 is 1.61 bits per heavy atom. The summed E-state index contributed by atoms with van der Waals surface area (Å²) < 4.78 is 25.2. The molecule has 1 heterocycles. The third-order valence-electron chi connectivity index (χ3n) is 3.58. The first-order valence-corrected chi connectivity index (χ1v) is 6.71. The van der Waals surface area contributed by atoms with Crippen molar-refractivity contribution in [1.82, 2.24) is 0 Å². The number of carbonyl (C=O) groups excluding carboxylic acids is 1. The van der Waals surface area contributed by atoms with E-state index in [1.165, 1.54) is 6.07 Å². The first kappa shape index (κ1) is 12.0. The second kappa shape index (κ2) is 4.23. The summed E-state index contributed by atoms with van der Waals surface area (Å²) in [6.45, 7) is 2.57. The van der Waals surface area contributed by atoms with E-state index in [-0.39, 0.29) is 29.5 Å². The fourth-order valence-corrected chi connectivity index (χ4v) is 3.18. The summed E-state index contributed by atoms with van der Waals surface area (Å²) in [5, 5.41) is 0. The van der Waals surface area contributed by atoms with Crippen molar-refractivity contribution in [2.45, 2.75) is 12.8 Å². The molecule has 0 spiro atoms. The average Bonchev–Trinajstić information content (AvgIpc) is 3.08. The van der Waals surface area contributed by atoms with Gasteiger partial charge < -0.3 is 9.47 Å². The molecule has 1 fully saturated rings. The molecule has 1 saturated carbocycles. The SMILES string of the molecule is CCOC(=O)C1[C@H]2c3c(F)ccc(Br)c3OC[C@@H]12. The van der Waals surface area contributed by atoms with Crippen LogP contribution in [0.3, 0.4) is 0 Å². The van der Waals surface area contributed by atoms with Crippen molar-refractivity contribution in [3.8, 4) is 5.75 Å². The summed E-state index contributed by atoms with van der Waals surface area (Å²) in [5.74, 6) is -0.318. The number of fused-ring (bicyclic) bond motifs is 3. The van der Waals surface area contributed by atoms with Crippen LogP contribution in [0, 0.1) is 17.7 Å². The lowest BCUT2D eigenvalue weighted by Crippen LogP contribution is -2.11. The van der Waals surface area contributed by atoms with E-state index in [2.05, 4.69) is 15.9 Å². The van der Waals surface area contributed by atoms with Crippen LogP contribution in [0.25, 0.3) is 0 Å². The lowest BCUT2D eigenvalue weighted by Gasteiger charge is -2.17. The van der Waals surface area contributed by atoms with Crippen LogP contribution >= 0.6 is 15.9 Å². The molecule has 0 saturated heterocycles.